The molecular weight excluding hydrogens is 318 g/mol. The zero-order chi connectivity index (χ0) is 18.1. The van der Waals surface area contributed by atoms with Crippen LogP contribution in [0.3, 0.4) is 0 Å². The molecule has 0 aromatic carbocycles. The average molecular weight is 347 g/mol. The molecule has 0 radical (unpaired) electrons. The smallest absolute Gasteiger partial charge is 0.319 e. The molecule has 3 fully saturated rings. The van der Waals surface area contributed by atoms with Gasteiger partial charge < -0.3 is 20.9 Å². The highest BCUT2D eigenvalue weighted by Gasteiger charge is 2.46. The Bertz CT molecular complexity index is 554. The van der Waals surface area contributed by atoms with Crippen molar-refractivity contribution >= 4 is 11.9 Å². The fraction of sp³-hybridized carbons (Fsp3) is 0.833. The van der Waals surface area contributed by atoms with Crippen LogP contribution in [0.2, 0.25) is 0 Å². The second kappa shape index (κ2) is 7.20. The van der Waals surface area contributed by atoms with Crippen LogP contribution in [0.25, 0.3) is 0 Å². The molecule has 3 aliphatic rings. The summed E-state index contributed by atoms with van der Waals surface area (Å²) in [5.41, 5.74) is 6.24. The van der Waals surface area contributed by atoms with Crippen molar-refractivity contribution in [2.24, 2.45) is 17.6 Å². The van der Waals surface area contributed by atoms with E-state index in [0.29, 0.717) is 5.92 Å². The third kappa shape index (κ3) is 3.90. The summed E-state index contributed by atoms with van der Waals surface area (Å²) in [4.78, 5) is 28.5. The second-order valence-electron chi connectivity index (χ2n) is 8.10. The first kappa shape index (κ1) is 18.0. The Hall–Kier alpha value is -1.81. The standard InChI is InChI=1S/C18H29N5O2/c1-22(2)18(25)23-14-5-6-15(23)9-12(8-14)16(20)17(24)21-13(10-19)7-11-3-4-11/h11-16H,3-9,20H2,1-2H3,(H,21,24)/t12?,13-,14?,15?,16?/m0/s1. The molecule has 3 amide bonds. The van der Waals surface area contributed by atoms with Gasteiger partial charge in [0.05, 0.1) is 12.1 Å². The maximum atomic E-state index is 12.5. The van der Waals surface area contributed by atoms with Gasteiger partial charge in [-0.3, -0.25) is 4.79 Å². The molecule has 25 heavy (non-hydrogen) atoms. The van der Waals surface area contributed by atoms with Crippen LogP contribution in [0.1, 0.15) is 44.9 Å². The van der Waals surface area contributed by atoms with E-state index in [-0.39, 0.29) is 29.9 Å². The van der Waals surface area contributed by atoms with Crippen LogP contribution in [-0.4, -0.2) is 60.0 Å². The van der Waals surface area contributed by atoms with Gasteiger partial charge in [0.2, 0.25) is 5.91 Å². The highest BCUT2D eigenvalue weighted by atomic mass is 16.2. The summed E-state index contributed by atoms with van der Waals surface area (Å²) in [5, 5.41) is 12.1. The first-order valence-corrected chi connectivity index (χ1v) is 9.36. The van der Waals surface area contributed by atoms with Crippen molar-refractivity contribution in [2.75, 3.05) is 14.1 Å². The van der Waals surface area contributed by atoms with Crippen LogP contribution in [0.5, 0.6) is 0 Å². The Morgan fingerprint density at radius 3 is 2.32 bits per heavy atom. The van der Waals surface area contributed by atoms with Crippen molar-refractivity contribution in [1.82, 2.24) is 15.1 Å². The number of hydrogen-bond acceptors (Lipinski definition) is 4. The van der Waals surface area contributed by atoms with E-state index < -0.39 is 12.1 Å². The largest absolute Gasteiger partial charge is 0.339 e. The van der Waals surface area contributed by atoms with Crippen molar-refractivity contribution < 1.29 is 9.59 Å². The lowest BCUT2D eigenvalue weighted by Gasteiger charge is -2.41. The maximum absolute atomic E-state index is 12.5. The Morgan fingerprint density at radius 1 is 1.24 bits per heavy atom. The summed E-state index contributed by atoms with van der Waals surface area (Å²) in [6.45, 7) is 0. The van der Waals surface area contributed by atoms with Crippen LogP contribution in [0, 0.1) is 23.2 Å². The fourth-order valence-corrected chi connectivity index (χ4v) is 4.37. The van der Waals surface area contributed by atoms with Gasteiger partial charge in [-0.15, -0.1) is 0 Å². The lowest BCUT2D eigenvalue weighted by atomic mass is 9.85. The molecule has 2 bridgehead atoms. The number of nitrogens with two attached hydrogens (primary N) is 1. The Kier molecular flexibility index (Phi) is 5.19. The van der Waals surface area contributed by atoms with Crippen LogP contribution < -0.4 is 11.1 Å². The van der Waals surface area contributed by atoms with Crippen molar-refractivity contribution in [2.45, 2.75) is 69.1 Å². The number of nitrogens with one attached hydrogen (secondary N) is 1. The molecule has 3 N–H and O–H groups in total. The van der Waals surface area contributed by atoms with Gasteiger partial charge in [0.1, 0.15) is 6.04 Å². The van der Waals surface area contributed by atoms with Gasteiger partial charge in [-0.25, -0.2) is 4.79 Å². The minimum absolute atomic E-state index is 0.0537. The van der Waals surface area contributed by atoms with Gasteiger partial charge in [-0.05, 0) is 43.9 Å². The van der Waals surface area contributed by atoms with E-state index in [4.69, 9.17) is 5.73 Å². The Labute approximate surface area is 149 Å². The predicted molar refractivity (Wildman–Crippen MR) is 93.3 cm³/mol. The molecule has 0 spiro atoms. The number of hydrogen-bond donors (Lipinski definition) is 2. The Morgan fingerprint density at radius 2 is 1.84 bits per heavy atom. The number of nitrogens with zero attached hydrogens (tertiary/aromatic N) is 3. The number of carbonyl (C=O) groups excluding carboxylic acids is 2. The molecule has 2 heterocycles. The van der Waals surface area contributed by atoms with Gasteiger partial charge >= 0.3 is 6.03 Å². The van der Waals surface area contributed by atoms with E-state index in [2.05, 4.69) is 11.4 Å². The van der Waals surface area contributed by atoms with E-state index in [1.807, 2.05) is 4.90 Å². The van der Waals surface area contributed by atoms with E-state index >= 15 is 0 Å². The zero-order valence-electron chi connectivity index (χ0n) is 15.1. The minimum Gasteiger partial charge on any atom is -0.339 e. The van der Waals surface area contributed by atoms with E-state index in [1.165, 1.54) is 0 Å². The number of piperidine rings is 1. The summed E-state index contributed by atoms with van der Waals surface area (Å²) in [6.07, 6.45) is 6.55. The van der Waals surface area contributed by atoms with Crippen LogP contribution in [-0.2, 0) is 4.79 Å². The topological polar surface area (TPSA) is 102 Å². The average Bonchev–Trinajstić information content (AvgIpc) is 3.36. The third-order valence-electron chi connectivity index (χ3n) is 5.92. The van der Waals surface area contributed by atoms with Crippen molar-refractivity contribution in [1.29, 1.82) is 5.26 Å². The lowest BCUT2D eigenvalue weighted by Crippen LogP contribution is -2.56. The molecule has 0 aromatic rings. The van der Waals surface area contributed by atoms with Crippen LogP contribution in [0.15, 0.2) is 0 Å². The van der Waals surface area contributed by atoms with E-state index in [0.717, 1.165) is 44.9 Å². The highest BCUT2D eigenvalue weighted by Crippen LogP contribution is 2.40. The molecule has 1 aliphatic carbocycles. The van der Waals surface area contributed by atoms with E-state index in [9.17, 15) is 14.9 Å². The molecule has 7 nitrogen and oxygen atoms in total. The van der Waals surface area contributed by atoms with Gasteiger partial charge in [-0.1, -0.05) is 12.8 Å². The highest BCUT2D eigenvalue weighted by molar-refractivity contribution is 5.82. The molecule has 1 saturated carbocycles. The summed E-state index contributed by atoms with van der Waals surface area (Å²) >= 11 is 0. The third-order valence-corrected chi connectivity index (χ3v) is 5.92. The molecule has 2 aliphatic heterocycles. The van der Waals surface area contributed by atoms with Gasteiger partial charge in [0, 0.05) is 26.2 Å². The zero-order valence-corrected chi connectivity index (χ0v) is 15.1. The summed E-state index contributed by atoms with van der Waals surface area (Å²) < 4.78 is 0. The maximum Gasteiger partial charge on any atom is 0.319 e. The molecule has 138 valence electrons. The van der Waals surface area contributed by atoms with Crippen molar-refractivity contribution in [3.8, 4) is 6.07 Å². The minimum atomic E-state index is -0.602. The quantitative estimate of drug-likeness (QED) is 0.776. The first-order chi connectivity index (χ1) is 11.9. The SMILES string of the molecule is CN(C)C(=O)N1C2CCC1CC(C(N)C(=O)N[C@H](C#N)CC1CC1)C2. The molecule has 7 heteroatoms. The van der Waals surface area contributed by atoms with Crippen molar-refractivity contribution in [3.63, 3.8) is 0 Å². The summed E-state index contributed by atoms with van der Waals surface area (Å²) in [7, 11) is 3.55. The normalized spacial score (nSPS) is 30.3. The summed E-state index contributed by atoms with van der Waals surface area (Å²) in [6, 6.07) is 1.55. The molecule has 4 atom stereocenters. The lowest BCUT2D eigenvalue weighted by molar-refractivity contribution is -0.124. The molecule has 2 saturated heterocycles. The van der Waals surface area contributed by atoms with Gasteiger partial charge in [0.15, 0.2) is 0 Å². The number of nitriles is 1. The number of carbonyl (C=O) groups is 2. The predicted octanol–water partition coefficient (Wildman–Crippen LogP) is 1.05. The first-order valence-electron chi connectivity index (χ1n) is 9.36. The Balaban J connectivity index is 1.57. The molecule has 0 aromatic heterocycles. The number of urea groups is 1. The number of amides is 3. The molecule has 3 unspecified atom stereocenters. The molecular formula is C18H29N5O2. The number of rotatable bonds is 5. The fourth-order valence-electron chi connectivity index (χ4n) is 4.37. The monoisotopic (exact) mass is 347 g/mol. The van der Waals surface area contributed by atoms with Crippen LogP contribution in [0.4, 0.5) is 4.79 Å². The number of fused-ring (bicyclic) bond motifs is 2. The molecule has 3 rings (SSSR count). The van der Waals surface area contributed by atoms with Gasteiger partial charge in [0.25, 0.3) is 0 Å². The van der Waals surface area contributed by atoms with Crippen LogP contribution >= 0.6 is 0 Å². The second-order valence-corrected chi connectivity index (χ2v) is 8.10. The van der Waals surface area contributed by atoms with Gasteiger partial charge in [-0.2, -0.15) is 5.26 Å². The van der Waals surface area contributed by atoms with E-state index in [1.54, 1.807) is 19.0 Å². The summed E-state index contributed by atoms with van der Waals surface area (Å²) in [5.74, 6) is 0.435. The van der Waals surface area contributed by atoms with Crippen molar-refractivity contribution in [3.05, 3.63) is 0 Å².